The fourth-order valence-corrected chi connectivity index (χ4v) is 3.26. The average Bonchev–Trinajstić information content (AvgIpc) is 2.74. The molecular weight excluding hydrogens is 481 g/mol. The van der Waals surface area contributed by atoms with Crippen molar-refractivity contribution >= 4 is 17.2 Å². The molecular formula is C21H8F9N3O. The SMILES string of the molecule is O=C1C(=Nc2cc(C(F)(F)F)cc(C(F)(F)F)c2)c2cc(C(F)(F)F)cnc2-c2ncccc21. The third kappa shape index (κ3) is 4.24. The predicted octanol–water partition coefficient (Wildman–Crippen LogP) is 6.52. The van der Waals surface area contributed by atoms with Gasteiger partial charge in [0.25, 0.3) is 0 Å². The first-order valence-electron chi connectivity index (χ1n) is 9.12. The Bertz CT molecular complexity index is 1310. The van der Waals surface area contributed by atoms with Crippen molar-refractivity contribution < 1.29 is 44.3 Å². The summed E-state index contributed by atoms with van der Waals surface area (Å²) in [6.07, 6.45) is -13.6. The van der Waals surface area contributed by atoms with Crippen molar-refractivity contribution in [3.8, 4) is 11.4 Å². The van der Waals surface area contributed by atoms with Crippen LogP contribution in [0.3, 0.4) is 0 Å². The number of rotatable bonds is 1. The summed E-state index contributed by atoms with van der Waals surface area (Å²) in [6.45, 7) is 0. The number of carbonyl (C=O) groups excluding carboxylic acids is 1. The molecule has 2 heterocycles. The molecule has 0 unspecified atom stereocenters. The number of fused-ring (bicyclic) bond motifs is 3. The molecule has 0 spiro atoms. The molecule has 1 aliphatic carbocycles. The lowest BCUT2D eigenvalue weighted by Crippen LogP contribution is -2.24. The van der Waals surface area contributed by atoms with Crippen molar-refractivity contribution in [2.24, 2.45) is 4.99 Å². The van der Waals surface area contributed by atoms with E-state index in [1.165, 1.54) is 18.3 Å². The maximum Gasteiger partial charge on any atom is 0.417 e. The highest BCUT2D eigenvalue weighted by molar-refractivity contribution is 6.55. The zero-order valence-corrected chi connectivity index (χ0v) is 16.3. The number of aliphatic imine (C=N–C) groups is 1. The van der Waals surface area contributed by atoms with Crippen molar-refractivity contribution in [2.75, 3.05) is 0 Å². The maximum atomic E-state index is 13.2. The fourth-order valence-electron chi connectivity index (χ4n) is 3.26. The monoisotopic (exact) mass is 489 g/mol. The van der Waals surface area contributed by atoms with Crippen molar-refractivity contribution in [2.45, 2.75) is 18.5 Å². The molecule has 4 rings (SSSR count). The van der Waals surface area contributed by atoms with Crippen LogP contribution in [0.15, 0.2) is 53.8 Å². The van der Waals surface area contributed by atoms with Crippen molar-refractivity contribution in [3.05, 3.63) is 76.6 Å². The molecule has 2 aromatic heterocycles. The van der Waals surface area contributed by atoms with Crippen LogP contribution in [0.4, 0.5) is 45.2 Å². The van der Waals surface area contributed by atoms with Gasteiger partial charge < -0.3 is 0 Å². The molecule has 0 fully saturated rings. The van der Waals surface area contributed by atoms with Crippen LogP contribution in [0.5, 0.6) is 0 Å². The molecule has 1 aromatic carbocycles. The quantitative estimate of drug-likeness (QED) is 0.366. The minimum absolute atomic E-state index is 0.102. The van der Waals surface area contributed by atoms with E-state index in [9.17, 15) is 44.3 Å². The van der Waals surface area contributed by atoms with E-state index in [1.807, 2.05) is 0 Å². The number of hydrogen-bond acceptors (Lipinski definition) is 4. The van der Waals surface area contributed by atoms with Crippen molar-refractivity contribution in [1.82, 2.24) is 9.97 Å². The summed E-state index contributed by atoms with van der Waals surface area (Å²) in [4.78, 5) is 24.2. The Hall–Kier alpha value is -3.77. The molecule has 0 saturated heterocycles. The first-order chi connectivity index (χ1) is 15.7. The van der Waals surface area contributed by atoms with E-state index in [4.69, 9.17) is 0 Å². The van der Waals surface area contributed by atoms with Crippen LogP contribution in [-0.2, 0) is 18.5 Å². The lowest BCUT2D eigenvalue weighted by atomic mass is 9.89. The summed E-state index contributed by atoms with van der Waals surface area (Å²) in [5.74, 6) is -1.04. The minimum atomic E-state index is -5.19. The summed E-state index contributed by atoms with van der Waals surface area (Å²) in [7, 11) is 0. The van der Waals surface area contributed by atoms with Gasteiger partial charge in [0.05, 0.1) is 33.6 Å². The van der Waals surface area contributed by atoms with Crippen LogP contribution in [0.2, 0.25) is 0 Å². The summed E-state index contributed by atoms with van der Waals surface area (Å²) in [5.41, 5.74) is -7.47. The second-order valence-corrected chi connectivity index (χ2v) is 7.07. The third-order valence-electron chi connectivity index (χ3n) is 4.78. The Morgan fingerprint density at radius 1 is 0.676 bits per heavy atom. The highest BCUT2D eigenvalue weighted by atomic mass is 19.4. The third-order valence-corrected chi connectivity index (χ3v) is 4.78. The number of hydrogen-bond donors (Lipinski definition) is 0. The van der Waals surface area contributed by atoms with Gasteiger partial charge in [0.2, 0.25) is 5.78 Å². The average molecular weight is 489 g/mol. The van der Waals surface area contributed by atoms with Gasteiger partial charge in [-0.25, -0.2) is 4.99 Å². The summed E-state index contributed by atoms with van der Waals surface area (Å²) >= 11 is 0. The number of Topliss-reactive ketones (excluding diaryl/α,β-unsaturated/α-hetero) is 1. The Labute approximate surface area is 183 Å². The van der Waals surface area contributed by atoms with Gasteiger partial charge >= 0.3 is 18.5 Å². The number of ketones is 1. The zero-order chi connectivity index (χ0) is 25.1. The van der Waals surface area contributed by atoms with E-state index < -0.39 is 58.0 Å². The molecule has 1 aliphatic rings. The van der Waals surface area contributed by atoms with Crippen LogP contribution < -0.4 is 0 Å². The minimum Gasteiger partial charge on any atom is -0.287 e. The Kier molecular flexibility index (Phi) is 5.25. The van der Waals surface area contributed by atoms with Crippen LogP contribution in [0.1, 0.15) is 32.6 Å². The number of aromatic nitrogens is 2. The molecule has 0 radical (unpaired) electrons. The molecule has 34 heavy (non-hydrogen) atoms. The number of benzene rings is 1. The highest BCUT2D eigenvalue weighted by Gasteiger charge is 2.39. The lowest BCUT2D eigenvalue weighted by Gasteiger charge is -2.20. The van der Waals surface area contributed by atoms with Crippen LogP contribution in [0, 0.1) is 0 Å². The van der Waals surface area contributed by atoms with Gasteiger partial charge in [-0.15, -0.1) is 0 Å². The number of carbonyl (C=O) groups is 1. The van der Waals surface area contributed by atoms with E-state index in [1.54, 1.807) is 0 Å². The van der Waals surface area contributed by atoms with E-state index >= 15 is 0 Å². The van der Waals surface area contributed by atoms with Gasteiger partial charge in [-0.2, -0.15) is 39.5 Å². The van der Waals surface area contributed by atoms with Gasteiger partial charge in [-0.3, -0.25) is 14.8 Å². The smallest absolute Gasteiger partial charge is 0.287 e. The molecule has 3 aromatic rings. The van der Waals surface area contributed by atoms with Crippen LogP contribution >= 0.6 is 0 Å². The molecule has 0 amide bonds. The van der Waals surface area contributed by atoms with E-state index in [2.05, 4.69) is 15.0 Å². The van der Waals surface area contributed by atoms with Crippen LogP contribution in [0.25, 0.3) is 11.4 Å². The lowest BCUT2D eigenvalue weighted by molar-refractivity contribution is -0.143. The van der Waals surface area contributed by atoms with Gasteiger partial charge in [0.1, 0.15) is 11.4 Å². The van der Waals surface area contributed by atoms with Gasteiger partial charge in [-0.05, 0) is 36.4 Å². The van der Waals surface area contributed by atoms with Gasteiger partial charge in [-0.1, -0.05) is 0 Å². The second kappa shape index (κ2) is 7.64. The standard InChI is InChI=1S/C21H8F9N3O/c22-19(23,24)9-4-10(20(25,26)27)6-12(5-9)33-17-14-7-11(21(28,29)30)8-32-16(14)15-13(18(17)34)2-1-3-31-15/h1-8H. The topological polar surface area (TPSA) is 55.2 Å². The normalized spacial score (nSPS) is 15.3. The Morgan fingerprint density at radius 3 is 1.79 bits per heavy atom. The van der Waals surface area contributed by atoms with E-state index in [0.29, 0.717) is 12.3 Å². The van der Waals surface area contributed by atoms with E-state index in [-0.39, 0.29) is 35.2 Å². The van der Waals surface area contributed by atoms with Gasteiger partial charge in [0.15, 0.2) is 0 Å². The first-order valence-corrected chi connectivity index (χ1v) is 9.12. The summed E-state index contributed by atoms with van der Waals surface area (Å²) < 4.78 is 119. The zero-order valence-electron chi connectivity index (χ0n) is 16.3. The van der Waals surface area contributed by atoms with Crippen molar-refractivity contribution in [3.63, 3.8) is 0 Å². The number of halogens is 9. The Balaban J connectivity index is 2.00. The number of alkyl halides is 9. The molecule has 0 atom stereocenters. The second-order valence-electron chi connectivity index (χ2n) is 7.07. The molecule has 0 N–H and O–H groups in total. The maximum absolute atomic E-state index is 13.2. The molecule has 4 nitrogen and oxygen atoms in total. The molecule has 13 heteroatoms. The van der Waals surface area contributed by atoms with Crippen LogP contribution in [-0.4, -0.2) is 21.5 Å². The summed E-state index contributed by atoms with van der Waals surface area (Å²) in [6, 6.07) is 3.42. The predicted molar refractivity (Wildman–Crippen MR) is 99.4 cm³/mol. The first kappa shape index (κ1) is 23.4. The number of pyridine rings is 2. The van der Waals surface area contributed by atoms with E-state index in [0.717, 1.165) is 0 Å². The largest absolute Gasteiger partial charge is 0.417 e. The molecule has 0 aliphatic heterocycles. The molecule has 0 bridgehead atoms. The Morgan fingerprint density at radius 2 is 1.24 bits per heavy atom. The van der Waals surface area contributed by atoms with Crippen molar-refractivity contribution in [1.29, 1.82) is 0 Å². The fraction of sp³-hybridized carbons (Fsp3) is 0.143. The van der Waals surface area contributed by atoms with Gasteiger partial charge in [0, 0.05) is 18.0 Å². The molecule has 0 saturated carbocycles. The summed E-state index contributed by atoms with van der Waals surface area (Å²) in [5, 5.41) is 0. The number of nitrogens with zero attached hydrogens (tertiary/aromatic N) is 3. The highest BCUT2D eigenvalue weighted by Crippen LogP contribution is 2.40. The molecule has 176 valence electrons.